The highest BCUT2D eigenvalue weighted by molar-refractivity contribution is 5.91. The molecule has 1 unspecified atom stereocenters. The summed E-state index contributed by atoms with van der Waals surface area (Å²) in [5.41, 5.74) is 0.974. The van der Waals surface area contributed by atoms with Gasteiger partial charge in [0.2, 0.25) is 0 Å². The van der Waals surface area contributed by atoms with Gasteiger partial charge < -0.3 is 14.7 Å². The Bertz CT molecular complexity index is 640. The van der Waals surface area contributed by atoms with Gasteiger partial charge in [0.25, 0.3) is 5.91 Å². The number of nitrogens with zero attached hydrogens (tertiary/aromatic N) is 2. The van der Waals surface area contributed by atoms with Crippen molar-refractivity contribution in [2.24, 2.45) is 0 Å². The van der Waals surface area contributed by atoms with Crippen LogP contribution < -0.4 is 5.32 Å². The summed E-state index contributed by atoms with van der Waals surface area (Å²) < 4.78 is 5.67. The van der Waals surface area contributed by atoms with E-state index in [1.165, 1.54) is 12.8 Å². The highest BCUT2D eigenvalue weighted by Crippen LogP contribution is 2.16. The zero-order chi connectivity index (χ0) is 15.5. The smallest absolute Gasteiger partial charge is 0.287 e. The number of H-pyrrole nitrogens is 1. The first-order valence-corrected chi connectivity index (χ1v) is 7.75. The lowest BCUT2D eigenvalue weighted by Gasteiger charge is -2.12. The van der Waals surface area contributed by atoms with E-state index in [9.17, 15) is 4.79 Å². The van der Waals surface area contributed by atoms with Gasteiger partial charge in [-0.05, 0) is 51.9 Å². The fourth-order valence-electron chi connectivity index (χ4n) is 2.74. The molecule has 2 aromatic rings. The summed E-state index contributed by atoms with van der Waals surface area (Å²) in [6, 6.07) is 3.43. The van der Waals surface area contributed by atoms with E-state index in [2.05, 4.69) is 20.2 Å². The highest BCUT2D eigenvalue weighted by Gasteiger charge is 2.18. The van der Waals surface area contributed by atoms with Gasteiger partial charge in [0, 0.05) is 11.9 Å². The van der Waals surface area contributed by atoms with Crippen molar-refractivity contribution in [2.45, 2.75) is 39.3 Å². The Morgan fingerprint density at radius 1 is 1.45 bits per heavy atom. The summed E-state index contributed by atoms with van der Waals surface area (Å²) in [5, 5.41) is 2.89. The average molecular weight is 302 g/mol. The molecule has 1 aliphatic heterocycles. The Labute approximate surface area is 129 Å². The molecular weight excluding hydrogens is 280 g/mol. The normalized spacial score (nSPS) is 16.8. The van der Waals surface area contributed by atoms with Crippen molar-refractivity contribution in [3.8, 4) is 0 Å². The van der Waals surface area contributed by atoms with Gasteiger partial charge in [-0.25, -0.2) is 4.98 Å². The number of imidazole rings is 1. The molecule has 6 nitrogen and oxygen atoms in total. The van der Waals surface area contributed by atoms with Gasteiger partial charge in [0.15, 0.2) is 5.76 Å². The summed E-state index contributed by atoms with van der Waals surface area (Å²) >= 11 is 0. The molecule has 2 N–H and O–H groups in total. The molecule has 1 saturated heterocycles. The summed E-state index contributed by atoms with van der Waals surface area (Å²) in [7, 11) is 0. The van der Waals surface area contributed by atoms with Crippen LogP contribution in [0.1, 0.15) is 53.6 Å². The zero-order valence-electron chi connectivity index (χ0n) is 13.1. The van der Waals surface area contributed by atoms with Crippen molar-refractivity contribution < 1.29 is 9.21 Å². The van der Waals surface area contributed by atoms with Crippen molar-refractivity contribution in [1.29, 1.82) is 0 Å². The number of amides is 1. The number of aromatic amines is 1. The number of aromatic nitrogens is 2. The van der Waals surface area contributed by atoms with Crippen LogP contribution in [0.15, 0.2) is 22.7 Å². The standard InChI is InChI=1S/C16H22N4O2/c1-11-9-17-15(18-11)12(2)19-16(21)14-6-5-13(22-14)10-20-7-3-4-8-20/h5-6,9,12H,3-4,7-8,10H2,1-2H3,(H,17,18)(H,19,21). The van der Waals surface area contributed by atoms with E-state index in [-0.39, 0.29) is 11.9 Å². The largest absolute Gasteiger partial charge is 0.455 e. The molecule has 3 rings (SSSR count). The van der Waals surface area contributed by atoms with Crippen LogP contribution >= 0.6 is 0 Å². The fourth-order valence-corrected chi connectivity index (χ4v) is 2.74. The first kappa shape index (κ1) is 14.8. The maximum Gasteiger partial charge on any atom is 0.287 e. The number of nitrogens with one attached hydrogen (secondary N) is 2. The van der Waals surface area contributed by atoms with E-state index in [0.29, 0.717) is 5.76 Å². The van der Waals surface area contributed by atoms with Gasteiger partial charge >= 0.3 is 0 Å². The van der Waals surface area contributed by atoms with Gasteiger partial charge in [-0.1, -0.05) is 0 Å². The maximum atomic E-state index is 12.2. The number of hydrogen-bond donors (Lipinski definition) is 2. The van der Waals surface area contributed by atoms with Crippen LogP contribution in [0.3, 0.4) is 0 Å². The van der Waals surface area contributed by atoms with Gasteiger partial charge in [-0.2, -0.15) is 0 Å². The molecule has 0 radical (unpaired) electrons. The lowest BCUT2D eigenvalue weighted by molar-refractivity contribution is 0.0907. The second-order valence-electron chi connectivity index (χ2n) is 5.90. The molecule has 0 aromatic carbocycles. The highest BCUT2D eigenvalue weighted by atomic mass is 16.4. The van der Waals surface area contributed by atoms with E-state index >= 15 is 0 Å². The van der Waals surface area contributed by atoms with Crippen LogP contribution in [0.2, 0.25) is 0 Å². The molecule has 2 aromatic heterocycles. The zero-order valence-corrected chi connectivity index (χ0v) is 13.1. The van der Waals surface area contributed by atoms with E-state index in [0.717, 1.165) is 36.9 Å². The summed E-state index contributed by atoms with van der Waals surface area (Å²) in [5.74, 6) is 1.72. The first-order chi connectivity index (χ1) is 10.6. The molecular formula is C16H22N4O2. The molecule has 3 heterocycles. The second kappa shape index (κ2) is 6.36. The number of likely N-dealkylation sites (tertiary alicyclic amines) is 1. The van der Waals surface area contributed by atoms with Crippen molar-refractivity contribution >= 4 is 5.91 Å². The molecule has 0 spiro atoms. The van der Waals surface area contributed by atoms with Crippen LogP contribution in [-0.2, 0) is 6.54 Å². The second-order valence-corrected chi connectivity index (χ2v) is 5.90. The third-order valence-corrected chi connectivity index (χ3v) is 3.94. The number of furan rings is 1. The van der Waals surface area contributed by atoms with Crippen LogP contribution in [0, 0.1) is 6.92 Å². The minimum absolute atomic E-state index is 0.187. The molecule has 1 fully saturated rings. The first-order valence-electron chi connectivity index (χ1n) is 7.75. The Hall–Kier alpha value is -2.08. The molecule has 22 heavy (non-hydrogen) atoms. The monoisotopic (exact) mass is 302 g/mol. The number of hydrogen-bond acceptors (Lipinski definition) is 4. The van der Waals surface area contributed by atoms with Crippen molar-refractivity contribution in [2.75, 3.05) is 13.1 Å². The minimum atomic E-state index is -0.214. The number of rotatable bonds is 5. The van der Waals surface area contributed by atoms with E-state index in [1.54, 1.807) is 12.3 Å². The van der Waals surface area contributed by atoms with Gasteiger partial charge in [-0.15, -0.1) is 0 Å². The lowest BCUT2D eigenvalue weighted by atomic mass is 10.3. The Kier molecular flexibility index (Phi) is 4.29. The van der Waals surface area contributed by atoms with Crippen LogP contribution in [0.5, 0.6) is 0 Å². The molecule has 1 aliphatic rings. The molecule has 0 aliphatic carbocycles. The molecule has 0 bridgehead atoms. The van der Waals surface area contributed by atoms with E-state index < -0.39 is 0 Å². The predicted molar refractivity (Wildman–Crippen MR) is 82.4 cm³/mol. The van der Waals surface area contributed by atoms with Crippen LogP contribution in [-0.4, -0.2) is 33.9 Å². The topological polar surface area (TPSA) is 74.2 Å². The maximum absolute atomic E-state index is 12.2. The quantitative estimate of drug-likeness (QED) is 0.889. The Morgan fingerprint density at radius 2 is 2.23 bits per heavy atom. The number of carbonyl (C=O) groups is 1. The van der Waals surface area contributed by atoms with Crippen LogP contribution in [0.25, 0.3) is 0 Å². The Balaban J connectivity index is 1.59. The third-order valence-electron chi connectivity index (χ3n) is 3.94. The average Bonchev–Trinajstić information content (AvgIpc) is 3.20. The fraction of sp³-hybridized carbons (Fsp3) is 0.500. The van der Waals surface area contributed by atoms with Crippen molar-refractivity contribution in [1.82, 2.24) is 20.2 Å². The summed E-state index contributed by atoms with van der Waals surface area (Å²) in [6.07, 6.45) is 4.24. The van der Waals surface area contributed by atoms with E-state index in [4.69, 9.17) is 4.42 Å². The lowest BCUT2D eigenvalue weighted by Crippen LogP contribution is -2.27. The minimum Gasteiger partial charge on any atom is -0.455 e. The third kappa shape index (κ3) is 3.39. The molecule has 1 amide bonds. The van der Waals surface area contributed by atoms with Crippen LogP contribution in [0.4, 0.5) is 0 Å². The summed E-state index contributed by atoms with van der Waals surface area (Å²) in [4.78, 5) is 21.9. The molecule has 118 valence electrons. The number of carbonyl (C=O) groups excluding carboxylic acids is 1. The van der Waals surface area contributed by atoms with E-state index in [1.807, 2.05) is 19.9 Å². The summed E-state index contributed by atoms with van der Waals surface area (Å²) in [6.45, 7) is 6.82. The molecule has 0 saturated carbocycles. The van der Waals surface area contributed by atoms with Crippen molar-refractivity contribution in [3.05, 3.63) is 41.4 Å². The van der Waals surface area contributed by atoms with Gasteiger partial charge in [-0.3, -0.25) is 9.69 Å². The molecule has 6 heteroatoms. The number of aryl methyl sites for hydroxylation is 1. The van der Waals surface area contributed by atoms with Gasteiger partial charge in [0.1, 0.15) is 11.6 Å². The predicted octanol–water partition coefficient (Wildman–Crippen LogP) is 2.40. The SMILES string of the molecule is Cc1cnc(C(C)NC(=O)c2ccc(CN3CCCC3)o2)[nH]1. The van der Waals surface area contributed by atoms with Crippen molar-refractivity contribution in [3.63, 3.8) is 0 Å². The Morgan fingerprint density at radius 3 is 2.91 bits per heavy atom. The molecule has 1 atom stereocenters. The van der Waals surface area contributed by atoms with Gasteiger partial charge in [0.05, 0.1) is 12.6 Å².